The van der Waals surface area contributed by atoms with E-state index in [1.54, 1.807) is 6.07 Å². The summed E-state index contributed by atoms with van der Waals surface area (Å²) in [5.41, 5.74) is 5.67. The molecule has 0 aliphatic rings. The molecule has 0 amide bonds. The molecule has 1 heterocycles. The third-order valence-electron chi connectivity index (χ3n) is 1.37. The van der Waals surface area contributed by atoms with Crippen molar-refractivity contribution in [1.82, 2.24) is 4.98 Å². The maximum Gasteiger partial charge on any atom is 0.175 e. The highest BCUT2D eigenvalue weighted by atomic mass is 79.9. The van der Waals surface area contributed by atoms with E-state index in [0.717, 1.165) is 10.9 Å². The van der Waals surface area contributed by atoms with Gasteiger partial charge in [0.1, 0.15) is 4.60 Å². The number of halogens is 2. The van der Waals surface area contributed by atoms with Crippen molar-refractivity contribution in [1.29, 1.82) is 0 Å². The standard InChI is InChI=1S/C8H10Br2N2O/c1-2-3-13-7-5(9)4-6(10)12-8(7)11/h4H,2-3H2,1H3,(H2,11,12). The van der Waals surface area contributed by atoms with Gasteiger partial charge in [0.15, 0.2) is 11.6 Å². The Morgan fingerprint density at radius 3 is 2.77 bits per heavy atom. The first-order chi connectivity index (χ1) is 6.15. The molecule has 0 spiro atoms. The summed E-state index contributed by atoms with van der Waals surface area (Å²) in [5, 5.41) is 0. The third-order valence-corrected chi connectivity index (χ3v) is 2.37. The lowest BCUT2D eigenvalue weighted by molar-refractivity contribution is 0.316. The van der Waals surface area contributed by atoms with E-state index < -0.39 is 0 Å². The molecular formula is C8H10Br2N2O. The van der Waals surface area contributed by atoms with E-state index in [4.69, 9.17) is 10.5 Å². The smallest absolute Gasteiger partial charge is 0.175 e. The van der Waals surface area contributed by atoms with Crippen molar-refractivity contribution in [3.8, 4) is 5.75 Å². The van der Waals surface area contributed by atoms with Crippen molar-refractivity contribution in [2.45, 2.75) is 13.3 Å². The van der Waals surface area contributed by atoms with Crippen molar-refractivity contribution < 1.29 is 4.74 Å². The number of nitrogens with two attached hydrogens (primary N) is 1. The Hall–Kier alpha value is -0.290. The van der Waals surface area contributed by atoms with E-state index in [1.807, 2.05) is 6.92 Å². The fourth-order valence-electron chi connectivity index (χ4n) is 0.838. The normalized spacial score (nSPS) is 10.1. The molecule has 0 fully saturated rings. The summed E-state index contributed by atoms with van der Waals surface area (Å²) in [5.74, 6) is 1.01. The Morgan fingerprint density at radius 1 is 1.54 bits per heavy atom. The molecule has 0 aliphatic heterocycles. The molecule has 1 rings (SSSR count). The molecule has 0 unspecified atom stereocenters. The molecule has 72 valence electrons. The van der Waals surface area contributed by atoms with Gasteiger partial charge in [0.2, 0.25) is 0 Å². The lowest BCUT2D eigenvalue weighted by Gasteiger charge is -2.09. The van der Waals surface area contributed by atoms with Gasteiger partial charge in [0, 0.05) is 0 Å². The molecule has 0 saturated heterocycles. The average molecular weight is 310 g/mol. The van der Waals surface area contributed by atoms with Crippen LogP contribution in [0.5, 0.6) is 5.75 Å². The number of nitrogens with zero attached hydrogens (tertiary/aromatic N) is 1. The van der Waals surface area contributed by atoms with Crippen LogP contribution in [0.25, 0.3) is 0 Å². The summed E-state index contributed by atoms with van der Waals surface area (Å²) in [6, 6.07) is 1.81. The van der Waals surface area contributed by atoms with Crippen molar-refractivity contribution in [3.63, 3.8) is 0 Å². The van der Waals surface area contributed by atoms with Gasteiger partial charge < -0.3 is 10.5 Å². The summed E-state index contributed by atoms with van der Waals surface area (Å²) in [4.78, 5) is 4.03. The monoisotopic (exact) mass is 308 g/mol. The summed E-state index contributed by atoms with van der Waals surface area (Å²) in [6.45, 7) is 2.68. The van der Waals surface area contributed by atoms with Gasteiger partial charge in [-0.3, -0.25) is 0 Å². The number of pyridine rings is 1. The number of rotatable bonds is 3. The van der Waals surface area contributed by atoms with Crippen molar-refractivity contribution in [2.24, 2.45) is 0 Å². The SMILES string of the molecule is CCCOc1c(Br)cc(Br)nc1N. The highest BCUT2D eigenvalue weighted by Crippen LogP contribution is 2.32. The van der Waals surface area contributed by atoms with Gasteiger partial charge in [-0.1, -0.05) is 6.92 Å². The number of nitrogen functional groups attached to an aromatic ring is 1. The largest absolute Gasteiger partial charge is 0.489 e. The fraction of sp³-hybridized carbons (Fsp3) is 0.375. The van der Waals surface area contributed by atoms with Crippen LogP contribution in [0.4, 0.5) is 5.82 Å². The van der Waals surface area contributed by atoms with Crippen LogP contribution in [-0.2, 0) is 0 Å². The molecule has 0 bridgehead atoms. The van der Waals surface area contributed by atoms with Gasteiger partial charge in [-0.25, -0.2) is 4.98 Å². The van der Waals surface area contributed by atoms with Crippen LogP contribution in [0.3, 0.4) is 0 Å². The lowest BCUT2D eigenvalue weighted by atomic mass is 10.4. The molecule has 1 aromatic heterocycles. The van der Waals surface area contributed by atoms with Crippen molar-refractivity contribution in [2.75, 3.05) is 12.3 Å². The molecule has 0 aliphatic carbocycles. The molecule has 5 heteroatoms. The number of hydrogen-bond donors (Lipinski definition) is 1. The second-order valence-corrected chi connectivity index (χ2v) is 4.16. The van der Waals surface area contributed by atoms with Gasteiger partial charge in [-0.2, -0.15) is 0 Å². The Kier molecular flexibility index (Phi) is 3.99. The summed E-state index contributed by atoms with van der Waals surface area (Å²) in [6.07, 6.45) is 0.946. The molecule has 2 N–H and O–H groups in total. The first-order valence-electron chi connectivity index (χ1n) is 3.89. The third kappa shape index (κ3) is 2.84. The van der Waals surface area contributed by atoms with Crippen LogP contribution in [0, 0.1) is 0 Å². The van der Waals surface area contributed by atoms with E-state index >= 15 is 0 Å². The molecular weight excluding hydrogens is 300 g/mol. The summed E-state index contributed by atoms with van der Waals surface area (Å²) >= 11 is 6.59. The fourth-order valence-corrected chi connectivity index (χ4v) is 2.10. The minimum atomic E-state index is 0.398. The molecule has 13 heavy (non-hydrogen) atoms. The van der Waals surface area contributed by atoms with Crippen LogP contribution in [0.2, 0.25) is 0 Å². The van der Waals surface area contributed by atoms with Crippen LogP contribution in [0.1, 0.15) is 13.3 Å². The van der Waals surface area contributed by atoms with E-state index in [-0.39, 0.29) is 0 Å². The van der Waals surface area contributed by atoms with Gasteiger partial charge >= 0.3 is 0 Å². The Morgan fingerprint density at radius 2 is 2.23 bits per heavy atom. The van der Waals surface area contributed by atoms with Crippen molar-refractivity contribution >= 4 is 37.7 Å². The van der Waals surface area contributed by atoms with Crippen LogP contribution in [0.15, 0.2) is 15.1 Å². The maximum atomic E-state index is 5.67. The second kappa shape index (κ2) is 4.81. The van der Waals surface area contributed by atoms with E-state index in [2.05, 4.69) is 36.8 Å². The van der Waals surface area contributed by atoms with Crippen LogP contribution in [-0.4, -0.2) is 11.6 Å². The molecule has 0 atom stereocenters. The number of anilines is 1. The van der Waals surface area contributed by atoms with Crippen LogP contribution >= 0.6 is 31.9 Å². The molecule has 1 aromatic rings. The predicted octanol–water partition coefficient (Wildman–Crippen LogP) is 2.98. The first kappa shape index (κ1) is 10.8. The van der Waals surface area contributed by atoms with Gasteiger partial charge in [-0.05, 0) is 44.3 Å². The zero-order valence-electron chi connectivity index (χ0n) is 7.18. The first-order valence-corrected chi connectivity index (χ1v) is 5.48. The highest BCUT2D eigenvalue weighted by Gasteiger charge is 2.08. The predicted molar refractivity (Wildman–Crippen MR) is 59.8 cm³/mol. The average Bonchev–Trinajstić information content (AvgIpc) is 2.02. The number of hydrogen-bond acceptors (Lipinski definition) is 3. The zero-order chi connectivity index (χ0) is 9.84. The van der Waals surface area contributed by atoms with E-state index in [0.29, 0.717) is 22.8 Å². The van der Waals surface area contributed by atoms with Crippen LogP contribution < -0.4 is 10.5 Å². The quantitative estimate of drug-likeness (QED) is 0.873. The highest BCUT2D eigenvalue weighted by molar-refractivity contribution is 9.11. The number of ether oxygens (including phenoxy) is 1. The van der Waals surface area contributed by atoms with Gasteiger partial charge in [0.25, 0.3) is 0 Å². The Labute approximate surface area is 93.9 Å². The van der Waals surface area contributed by atoms with Gasteiger partial charge in [0.05, 0.1) is 11.1 Å². The van der Waals surface area contributed by atoms with Gasteiger partial charge in [-0.15, -0.1) is 0 Å². The summed E-state index contributed by atoms with van der Waals surface area (Å²) < 4.78 is 6.93. The zero-order valence-corrected chi connectivity index (χ0v) is 10.4. The topological polar surface area (TPSA) is 48.1 Å². The Balaban J connectivity index is 2.92. The summed E-state index contributed by atoms with van der Waals surface area (Å²) in [7, 11) is 0. The second-order valence-electron chi connectivity index (χ2n) is 2.49. The van der Waals surface area contributed by atoms with Crippen molar-refractivity contribution in [3.05, 3.63) is 15.1 Å². The maximum absolute atomic E-state index is 5.67. The Bertz CT molecular complexity index is 281. The minimum Gasteiger partial charge on any atom is -0.489 e. The molecule has 0 saturated carbocycles. The molecule has 3 nitrogen and oxygen atoms in total. The molecule has 0 aromatic carbocycles. The lowest BCUT2D eigenvalue weighted by Crippen LogP contribution is -2.01. The van der Waals surface area contributed by atoms with E-state index in [9.17, 15) is 0 Å². The minimum absolute atomic E-state index is 0.398. The van der Waals surface area contributed by atoms with E-state index in [1.165, 1.54) is 0 Å². The number of aromatic nitrogens is 1. The molecule has 0 radical (unpaired) electrons.